The Morgan fingerprint density at radius 1 is 0.933 bits per heavy atom. The van der Waals surface area contributed by atoms with Gasteiger partial charge in [-0.15, -0.1) is 0 Å². The van der Waals surface area contributed by atoms with Crippen molar-refractivity contribution in [2.24, 2.45) is 0 Å². The molecule has 8 heteroatoms. The number of nitro groups is 1. The third-order valence-electron chi connectivity index (χ3n) is 4.01. The Labute approximate surface area is 172 Å². The molecule has 0 aromatic heterocycles. The maximum absolute atomic E-state index is 12.1. The van der Waals surface area contributed by atoms with Gasteiger partial charge in [0.25, 0.3) is 11.6 Å². The van der Waals surface area contributed by atoms with Crippen LogP contribution in [0, 0.1) is 10.1 Å². The molecule has 0 unspecified atom stereocenters. The van der Waals surface area contributed by atoms with Gasteiger partial charge in [-0.3, -0.25) is 14.9 Å². The van der Waals surface area contributed by atoms with Crippen LogP contribution in [0.5, 0.6) is 5.75 Å². The van der Waals surface area contributed by atoms with Crippen molar-refractivity contribution in [3.8, 4) is 5.75 Å². The number of anilines is 1. The molecule has 3 aromatic carbocycles. The highest BCUT2D eigenvalue weighted by molar-refractivity contribution is 5.95. The first-order valence-corrected chi connectivity index (χ1v) is 8.99. The molecule has 0 bridgehead atoms. The van der Waals surface area contributed by atoms with E-state index in [9.17, 15) is 19.7 Å². The van der Waals surface area contributed by atoms with E-state index >= 15 is 0 Å². The maximum atomic E-state index is 12.1. The summed E-state index contributed by atoms with van der Waals surface area (Å²) in [6.07, 6.45) is 0. The summed E-state index contributed by atoms with van der Waals surface area (Å²) in [5.74, 6) is -0.677. The lowest BCUT2D eigenvalue weighted by Gasteiger charge is -2.08. The molecule has 30 heavy (non-hydrogen) atoms. The Kier molecular flexibility index (Phi) is 6.73. The van der Waals surface area contributed by atoms with Crippen LogP contribution in [-0.2, 0) is 16.1 Å². The second kappa shape index (κ2) is 9.83. The van der Waals surface area contributed by atoms with E-state index in [0.717, 1.165) is 5.56 Å². The van der Waals surface area contributed by atoms with Gasteiger partial charge in [-0.2, -0.15) is 0 Å². The first kappa shape index (κ1) is 20.5. The van der Waals surface area contributed by atoms with Crippen LogP contribution < -0.4 is 10.1 Å². The van der Waals surface area contributed by atoms with Gasteiger partial charge in [0.1, 0.15) is 12.4 Å². The van der Waals surface area contributed by atoms with Crippen molar-refractivity contribution < 1.29 is 24.0 Å². The number of benzene rings is 3. The van der Waals surface area contributed by atoms with Gasteiger partial charge < -0.3 is 14.8 Å². The largest absolute Gasteiger partial charge is 0.489 e. The molecule has 0 aliphatic heterocycles. The van der Waals surface area contributed by atoms with E-state index in [1.54, 1.807) is 24.3 Å². The Hall–Kier alpha value is -4.20. The zero-order valence-corrected chi connectivity index (χ0v) is 15.8. The molecule has 0 atom stereocenters. The number of nitrogens with zero attached hydrogens (tertiary/aromatic N) is 1. The summed E-state index contributed by atoms with van der Waals surface area (Å²) in [5.41, 5.74) is 1.38. The van der Waals surface area contributed by atoms with Crippen LogP contribution in [0.3, 0.4) is 0 Å². The van der Waals surface area contributed by atoms with E-state index in [2.05, 4.69) is 5.32 Å². The summed E-state index contributed by atoms with van der Waals surface area (Å²) >= 11 is 0. The number of amides is 1. The van der Waals surface area contributed by atoms with Crippen LogP contribution in [0.2, 0.25) is 0 Å². The van der Waals surface area contributed by atoms with Gasteiger partial charge in [-0.1, -0.05) is 36.4 Å². The van der Waals surface area contributed by atoms with E-state index in [1.807, 2.05) is 30.3 Å². The van der Waals surface area contributed by atoms with Crippen molar-refractivity contribution in [2.45, 2.75) is 6.61 Å². The van der Waals surface area contributed by atoms with Gasteiger partial charge >= 0.3 is 5.97 Å². The van der Waals surface area contributed by atoms with Crippen molar-refractivity contribution in [3.05, 3.63) is 100 Å². The number of carbonyl (C=O) groups excluding carboxylic acids is 2. The van der Waals surface area contributed by atoms with Crippen molar-refractivity contribution in [1.29, 1.82) is 0 Å². The zero-order chi connectivity index (χ0) is 21.3. The molecule has 0 aliphatic rings. The molecular formula is C22H18N2O6. The lowest BCUT2D eigenvalue weighted by molar-refractivity contribution is -0.384. The van der Waals surface area contributed by atoms with Crippen molar-refractivity contribution >= 4 is 23.3 Å². The molecule has 0 saturated carbocycles. The number of esters is 1. The summed E-state index contributed by atoms with van der Waals surface area (Å²) < 4.78 is 10.6. The number of hydrogen-bond acceptors (Lipinski definition) is 6. The first-order chi connectivity index (χ1) is 14.5. The average molecular weight is 406 g/mol. The molecule has 0 spiro atoms. The number of nitrogens with one attached hydrogen (secondary N) is 1. The standard InChI is InChI=1S/C22H18N2O6/c25-21(23-18-7-4-8-19(13-18)24(27)28)15-30-22(26)17-9-11-20(12-10-17)29-14-16-5-2-1-3-6-16/h1-13H,14-15H2,(H,23,25). The second-order valence-electron chi connectivity index (χ2n) is 6.23. The molecule has 1 N–H and O–H groups in total. The minimum Gasteiger partial charge on any atom is -0.489 e. The molecule has 8 nitrogen and oxygen atoms in total. The van der Waals surface area contributed by atoms with Crippen LogP contribution in [0.1, 0.15) is 15.9 Å². The molecule has 0 fully saturated rings. The molecule has 0 radical (unpaired) electrons. The fourth-order valence-corrected chi connectivity index (χ4v) is 2.54. The van der Waals surface area contributed by atoms with Gasteiger partial charge in [0, 0.05) is 17.8 Å². The van der Waals surface area contributed by atoms with Gasteiger partial charge in [-0.25, -0.2) is 4.79 Å². The Bertz CT molecular complexity index is 1040. The number of nitro benzene ring substituents is 1. The monoisotopic (exact) mass is 406 g/mol. The first-order valence-electron chi connectivity index (χ1n) is 8.99. The van der Waals surface area contributed by atoms with Gasteiger partial charge in [0.05, 0.1) is 10.5 Å². The highest BCUT2D eigenvalue weighted by Gasteiger charge is 2.12. The lowest BCUT2D eigenvalue weighted by atomic mass is 10.2. The number of hydrogen-bond donors (Lipinski definition) is 1. The van der Waals surface area contributed by atoms with Gasteiger partial charge in [0.15, 0.2) is 6.61 Å². The molecule has 0 saturated heterocycles. The number of rotatable bonds is 8. The molecule has 3 aromatic rings. The van der Waals surface area contributed by atoms with E-state index < -0.39 is 23.4 Å². The predicted octanol–water partition coefficient (Wildman–Crippen LogP) is 3.97. The third-order valence-corrected chi connectivity index (χ3v) is 4.01. The average Bonchev–Trinajstić information content (AvgIpc) is 2.77. The lowest BCUT2D eigenvalue weighted by Crippen LogP contribution is -2.20. The molecule has 152 valence electrons. The highest BCUT2D eigenvalue weighted by Crippen LogP contribution is 2.17. The van der Waals surface area contributed by atoms with Gasteiger partial charge in [-0.05, 0) is 35.9 Å². The number of carbonyl (C=O) groups is 2. The van der Waals surface area contributed by atoms with Crippen LogP contribution >= 0.6 is 0 Å². The minimum atomic E-state index is -0.668. The minimum absolute atomic E-state index is 0.153. The third kappa shape index (κ3) is 5.90. The number of non-ortho nitro benzene ring substituents is 1. The highest BCUT2D eigenvalue weighted by atomic mass is 16.6. The smallest absolute Gasteiger partial charge is 0.338 e. The summed E-state index contributed by atoms with van der Waals surface area (Å²) in [6.45, 7) is -0.115. The van der Waals surface area contributed by atoms with Crippen LogP contribution in [0.4, 0.5) is 11.4 Å². The molecular weight excluding hydrogens is 388 g/mol. The van der Waals surface area contributed by atoms with Crippen molar-refractivity contribution in [3.63, 3.8) is 0 Å². The van der Waals surface area contributed by atoms with E-state index in [4.69, 9.17) is 9.47 Å². The summed E-state index contributed by atoms with van der Waals surface area (Å²) in [4.78, 5) is 34.2. The van der Waals surface area contributed by atoms with Crippen LogP contribution in [-0.4, -0.2) is 23.4 Å². The Morgan fingerprint density at radius 2 is 1.67 bits per heavy atom. The van der Waals surface area contributed by atoms with E-state index in [1.165, 1.54) is 24.3 Å². The van der Waals surface area contributed by atoms with Crippen molar-refractivity contribution in [2.75, 3.05) is 11.9 Å². The second-order valence-corrected chi connectivity index (χ2v) is 6.23. The number of ether oxygens (including phenoxy) is 2. The fourth-order valence-electron chi connectivity index (χ4n) is 2.54. The molecule has 0 aliphatic carbocycles. The Morgan fingerprint density at radius 3 is 2.37 bits per heavy atom. The van der Waals surface area contributed by atoms with Crippen LogP contribution in [0.15, 0.2) is 78.9 Å². The van der Waals surface area contributed by atoms with Crippen molar-refractivity contribution in [1.82, 2.24) is 0 Å². The summed E-state index contributed by atoms with van der Waals surface area (Å²) in [6, 6.07) is 21.5. The molecule has 0 heterocycles. The van der Waals surface area contributed by atoms with E-state index in [0.29, 0.717) is 12.4 Å². The topological polar surface area (TPSA) is 108 Å². The quantitative estimate of drug-likeness (QED) is 0.345. The zero-order valence-electron chi connectivity index (χ0n) is 15.8. The maximum Gasteiger partial charge on any atom is 0.338 e. The molecule has 1 amide bonds. The molecule has 3 rings (SSSR count). The summed E-state index contributed by atoms with van der Waals surface area (Å²) in [7, 11) is 0. The SMILES string of the molecule is O=C(COC(=O)c1ccc(OCc2ccccc2)cc1)Nc1cccc([N+](=O)[O-])c1. The van der Waals surface area contributed by atoms with E-state index in [-0.39, 0.29) is 16.9 Å². The fraction of sp³-hybridized carbons (Fsp3) is 0.0909. The summed E-state index contributed by atoms with van der Waals surface area (Å²) in [5, 5.41) is 13.2. The Balaban J connectivity index is 1.48. The normalized spacial score (nSPS) is 10.1. The van der Waals surface area contributed by atoms with Crippen LogP contribution in [0.25, 0.3) is 0 Å². The van der Waals surface area contributed by atoms with Gasteiger partial charge in [0.2, 0.25) is 0 Å². The predicted molar refractivity (Wildman–Crippen MR) is 109 cm³/mol.